The number of aliphatic hydroxyl groups is 1. The molecule has 0 aliphatic rings. The van der Waals surface area contributed by atoms with E-state index in [9.17, 15) is 9.90 Å². The summed E-state index contributed by atoms with van der Waals surface area (Å²) in [6.07, 6.45) is 2.60. The maximum atomic E-state index is 12.3. The Bertz CT molecular complexity index is 1150. The molecule has 29 heavy (non-hydrogen) atoms. The minimum Gasteiger partial charge on any atom is -0.390 e. The third kappa shape index (κ3) is 3.95. The number of fused-ring (bicyclic) bond motifs is 1. The van der Waals surface area contributed by atoms with Crippen LogP contribution in [0.15, 0.2) is 60.8 Å². The lowest BCUT2D eigenvalue weighted by molar-refractivity contribution is 0.262. The van der Waals surface area contributed by atoms with Gasteiger partial charge in [-0.2, -0.15) is 5.10 Å². The van der Waals surface area contributed by atoms with Crippen LogP contribution in [0.5, 0.6) is 0 Å². The standard InChI is InChI=1S/C22H21N5O2/c1-2-14-4-3-5-17(12-14)25-22(29)24-16-8-6-15(7-9-16)18-10-11-23-21-20(18)19(13-28)26-27-21/h3-12,28H,2,13H2,1H3,(H,23,26,27)(H2,24,25,29). The number of anilines is 2. The van der Waals surface area contributed by atoms with Crippen molar-refractivity contribution in [3.8, 4) is 11.1 Å². The highest BCUT2D eigenvalue weighted by Gasteiger charge is 2.12. The summed E-state index contributed by atoms with van der Waals surface area (Å²) in [4.78, 5) is 16.5. The fourth-order valence-electron chi connectivity index (χ4n) is 3.26. The molecule has 7 heteroatoms. The summed E-state index contributed by atoms with van der Waals surface area (Å²) >= 11 is 0. The van der Waals surface area contributed by atoms with Crippen molar-refractivity contribution in [1.29, 1.82) is 0 Å². The van der Waals surface area contributed by atoms with Crippen LogP contribution in [0, 0.1) is 0 Å². The number of hydrogen-bond donors (Lipinski definition) is 4. The van der Waals surface area contributed by atoms with Crippen molar-refractivity contribution in [2.75, 3.05) is 10.6 Å². The molecule has 0 unspecified atom stereocenters. The zero-order valence-electron chi connectivity index (χ0n) is 15.9. The minimum absolute atomic E-state index is 0.145. The summed E-state index contributed by atoms with van der Waals surface area (Å²) in [5.41, 5.74) is 5.64. The van der Waals surface area contributed by atoms with Crippen molar-refractivity contribution in [2.24, 2.45) is 0 Å². The van der Waals surface area contributed by atoms with Crippen LogP contribution < -0.4 is 10.6 Å². The molecule has 0 atom stereocenters. The van der Waals surface area contributed by atoms with Crippen LogP contribution in [0.3, 0.4) is 0 Å². The van der Waals surface area contributed by atoms with E-state index in [0.717, 1.165) is 34.2 Å². The van der Waals surface area contributed by atoms with Crippen LogP contribution in [0.25, 0.3) is 22.2 Å². The monoisotopic (exact) mass is 387 g/mol. The van der Waals surface area contributed by atoms with Gasteiger partial charge in [0, 0.05) is 17.6 Å². The molecule has 0 radical (unpaired) electrons. The quantitative estimate of drug-likeness (QED) is 0.409. The van der Waals surface area contributed by atoms with E-state index in [1.807, 2.05) is 54.6 Å². The molecule has 0 saturated carbocycles. The van der Waals surface area contributed by atoms with Crippen LogP contribution in [-0.4, -0.2) is 26.3 Å². The van der Waals surface area contributed by atoms with Gasteiger partial charge in [-0.05, 0) is 53.4 Å². The maximum absolute atomic E-state index is 12.3. The average Bonchev–Trinajstić information content (AvgIpc) is 3.18. The van der Waals surface area contributed by atoms with Crippen molar-refractivity contribution in [2.45, 2.75) is 20.0 Å². The highest BCUT2D eigenvalue weighted by atomic mass is 16.3. The summed E-state index contributed by atoms with van der Waals surface area (Å²) in [5, 5.41) is 23.0. The number of urea groups is 1. The van der Waals surface area contributed by atoms with Crippen LogP contribution in [0.1, 0.15) is 18.2 Å². The van der Waals surface area contributed by atoms with Gasteiger partial charge in [0.05, 0.1) is 17.7 Å². The lowest BCUT2D eigenvalue weighted by atomic mass is 10.0. The van der Waals surface area contributed by atoms with Crippen molar-refractivity contribution < 1.29 is 9.90 Å². The molecule has 0 aliphatic heterocycles. The molecule has 0 fully saturated rings. The Balaban J connectivity index is 1.51. The topological polar surface area (TPSA) is 103 Å². The minimum atomic E-state index is -0.297. The van der Waals surface area contributed by atoms with Crippen molar-refractivity contribution in [1.82, 2.24) is 15.2 Å². The van der Waals surface area contributed by atoms with Gasteiger partial charge in [0.15, 0.2) is 5.65 Å². The maximum Gasteiger partial charge on any atom is 0.323 e. The average molecular weight is 387 g/mol. The van der Waals surface area contributed by atoms with Gasteiger partial charge in [0.2, 0.25) is 0 Å². The molecule has 146 valence electrons. The molecule has 4 aromatic rings. The van der Waals surface area contributed by atoms with Gasteiger partial charge >= 0.3 is 6.03 Å². The predicted molar refractivity (Wildman–Crippen MR) is 114 cm³/mol. The fourth-order valence-corrected chi connectivity index (χ4v) is 3.26. The first-order valence-corrected chi connectivity index (χ1v) is 9.38. The van der Waals surface area contributed by atoms with E-state index in [1.54, 1.807) is 6.20 Å². The largest absolute Gasteiger partial charge is 0.390 e. The number of pyridine rings is 1. The number of H-pyrrole nitrogens is 1. The molecule has 2 aromatic carbocycles. The number of aromatic amines is 1. The Morgan fingerprint density at radius 2 is 1.86 bits per heavy atom. The van der Waals surface area contributed by atoms with Crippen molar-refractivity contribution in [3.05, 3.63) is 72.1 Å². The number of benzene rings is 2. The fraction of sp³-hybridized carbons (Fsp3) is 0.136. The summed E-state index contributed by atoms with van der Waals surface area (Å²) in [5.74, 6) is 0. The van der Waals surface area contributed by atoms with E-state index < -0.39 is 0 Å². The smallest absolute Gasteiger partial charge is 0.323 e. The molecule has 0 aliphatic carbocycles. The third-order valence-corrected chi connectivity index (χ3v) is 4.73. The second-order valence-electron chi connectivity index (χ2n) is 6.63. The zero-order valence-corrected chi connectivity index (χ0v) is 15.9. The second kappa shape index (κ2) is 8.12. The van der Waals surface area contributed by atoms with E-state index in [-0.39, 0.29) is 12.6 Å². The lowest BCUT2D eigenvalue weighted by Gasteiger charge is -2.10. The molecule has 2 heterocycles. The molecule has 2 amide bonds. The van der Waals surface area contributed by atoms with Crippen LogP contribution in [0.4, 0.5) is 16.2 Å². The highest BCUT2D eigenvalue weighted by Crippen LogP contribution is 2.29. The number of amides is 2. The third-order valence-electron chi connectivity index (χ3n) is 4.73. The summed E-state index contributed by atoms with van der Waals surface area (Å²) in [6, 6.07) is 16.9. The number of aromatic nitrogens is 3. The Morgan fingerprint density at radius 1 is 1.07 bits per heavy atom. The lowest BCUT2D eigenvalue weighted by Crippen LogP contribution is -2.19. The number of aliphatic hydroxyl groups excluding tert-OH is 1. The number of carbonyl (C=O) groups excluding carboxylic acids is 1. The van der Waals surface area contributed by atoms with E-state index in [2.05, 4.69) is 32.7 Å². The molecule has 4 N–H and O–H groups in total. The Labute approximate surface area is 167 Å². The van der Waals surface area contributed by atoms with Gasteiger partial charge in [0.25, 0.3) is 0 Å². The molecule has 4 rings (SSSR count). The zero-order chi connectivity index (χ0) is 20.2. The van der Waals surface area contributed by atoms with E-state index in [4.69, 9.17) is 0 Å². The van der Waals surface area contributed by atoms with Gasteiger partial charge in [0.1, 0.15) is 0 Å². The first kappa shape index (κ1) is 18.6. The van der Waals surface area contributed by atoms with Gasteiger partial charge in [-0.25, -0.2) is 9.78 Å². The number of aryl methyl sites for hydroxylation is 1. The predicted octanol–water partition coefficient (Wildman–Crippen LogP) is 4.32. The van der Waals surface area contributed by atoms with Crippen LogP contribution >= 0.6 is 0 Å². The van der Waals surface area contributed by atoms with Crippen molar-refractivity contribution >= 4 is 28.4 Å². The second-order valence-corrected chi connectivity index (χ2v) is 6.63. The van der Waals surface area contributed by atoms with Gasteiger partial charge in [-0.15, -0.1) is 0 Å². The summed E-state index contributed by atoms with van der Waals surface area (Å²) in [7, 11) is 0. The number of carbonyl (C=O) groups is 1. The first-order chi connectivity index (χ1) is 14.2. The molecule has 0 saturated heterocycles. The summed E-state index contributed by atoms with van der Waals surface area (Å²) in [6.45, 7) is 1.93. The van der Waals surface area contributed by atoms with Gasteiger partial charge < -0.3 is 15.7 Å². The first-order valence-electron chi connectivity index (χ1n) is 9.38. The number of nitrogens with one attached hydrogen (secondary N) is 3. The number of hydrogen-bond acceptors (Lipinski definition) is 4. The Morgan fingerprint density at radius 3 is 2.62 bits per heavy atom. The van der Waals surface area contributed by atoms with E-state index in [0.29, 0.717) is 17.0 Å². The number of nitrogens with zero attached hydrogens (tertiary/aromatic N) is 2. The Hall–Kier alpha value is -3.71. The molecular weight excluding hydrogens is 366 g/mol. The molecule has 0 bridgehead atoms. The van der Waals surface area contributed by atoms with E-state index in [1.165, 1.54) is 0 Å². The van der Waals surface area contributed by atoms with Crippen LogP contribution in [-0.2, 0) is 13.0 Å². The molecule has 0 spiro atoms. The number of rotatable bonds is 5. The van der Waals surface area contributed by atoms with Gasteiger partial charge in [-0.3, -0.25) is 5.10 Å². The van der Waals surface area contributed by atoms with E-state index >= 15 is 0 Å². The summed E-state index contributed by atoms with van der Waals surface area (Å²) < 4.78 is 0. The Kier molecular flexibility index (Phi) is 5.22. The van der Waals surface area contributed by atoms with Crippen molar-refractivity contribution in [3.63, 3.8) is 0 Å². The normalized spacial score (nSPS) is 10.8. The van der Waals surface area contributed by atoms with Gasteiger partial charge in [-0.1, -0.05) is 31.2 Å². The molecular formula is C22H21N5O2. The SMILES string of the molecule is CCc1cccc(NC(=O)Nc2ccc(-c3ccnc4n[nH]c(CO)c34)cc2)c1. The van der Waals surface area contributed by atoms with Crippen LogP contribution in [0.2, 0.25) is 0 Å². The molecule has 2 aromatic heterocycles. The highest BCUT2D eigenvalue weighted by molar-refractivity contribution is 6.00. The molecule has 7 nitrogen and oxygen atoms in total.